The van der Waals surface area contributed by atoms with Gasteiger partial charge in [0.15, 0.2) is 5.82 Å². The predicted octanol–water partition coefficient (Wildman–Crippen LogP) is 3.11. The molecule has 18 heteroatoms. The van der Waals surface area contributed by atoms with Gasteiger partial charge in [-0.05, 0) is 53.2 Å². The molecule has 12 nitrogen and oxygen atoms in total. The number of carbonyl (C=O) groups excluding carboxylic acids is 2. The van der Waals surface area contributed by atoms with Gasteiger partial charge in [-0.25, -0.2) is 14.3 Å². The van der Waals surface area contributed by atoms with Crippen LogP contribution in [0, 0.1) is 6.92 Å². The van der Waals surface area contributed by atoms with Gasteiger partial charge < -0.3 is 16.4 Å². The largest absolute Gasteiger partial charge is 0.461 e. The molecule has 1 aromatic carbocycles. The van der Waals surface area contributed by atoms with Crippen molar-refractivity contribution in [1.29, 1.82) is 0 Å². The number of aromatic nitrogens is 7. The Morgan fingerprint density at radius 3 is 2.50 bits per heavy atom. The molecule has 0 fully saturated rings. The van der Waals surface area contributed by atoms with Crippen LogP contribution in [-0.2, 0) is 12.5 Å². The van der Waals surface area contributed by atoms with E-state index in [-0.39, 0.29) is 43.8 Å². The molecule has 0 spiro atoms. The number of anilines is 2. The van der Waals surface area contributed by atoms with Crippen molar-refractivity contribution in [3.8, 4) is 5.82 Å². The molecule has 4 aromatic rings. The summed E-state index contributed by atoms with van der Waals surface area (Å²) in [6.45, 7) is 0.810. The summed E-state index contributed by atoms with van der Waals surface area (Å²) in [4.78, 5) is 30.0. The van der Waals surface area contributed by atoms with Crippen molar-refractivity contribution in [3.05, 3.63) is 69.9 Å². The molecule has 0 atom stereocenters. The second-order valence-electron chi connectivity index (χ2n) is 8.26. The van der Waals surface area contributed by atoms with Crippen molar-refractivity contribution in [2.75, 3.05) is 18.1 Å². The lowest BCUT2D eigenvalue weighted by atomic mass is 10.1. The quantitative estimate of drug-likeness (QED) is 0.280. The highest BCUT2D eigenvalue weighted by Crippen LogP contribution is 2.42. The minimum absolute atomic E-state index is 0.0391. The third-order valence-corrected chi connectivity index (χ3v) is 5.72. The lowest BCUT2D eigenvalue weighted by molar-refractivity contribution is -0.293. The van der Waals surface area contributed by atoms with Crippen LogP contribution in [0.5, 0.6) is 0 Å². The summed E-state index contributed by atoms with van der Waals surface area (Å²) in [6.07, 6.45) is -4.63. The molecule has 0 unspecified atom stereocenters. The number of hydrogen-bond acceptors (Lipinski definition) is 8. The zero-order chi connectivity index (χ0) is 29.4. The molecule has 3 aromatic heterocycles. The topological polar surface area (TPSA) is 159 Å². The zero-order valence-corrected chi connectivity index (χ0v) is 21.2. The fraction of sp³-hybridized carbons (Fsp3) is 0.227. The Hall–Kier alpha value is -4.67. The maximum absolute atomic E-state index is 14.0. The van der Waals surface area contributed by atoms with E-state index >= 15 is 0 Å². The number of nitrogens with zero attached hydrogens (tertiary/aromatic N) is 7. The predicted molar refractivity (Wildman–Crippen MR) is 130 cm³/mol. The Balaban J connectivity index is 1.79. The van der Waals surface area contributed by atoms with E-state index in [9.17, 15) is 31.5 Å². The van der Waals surface area contributed by atoms with Crippen LogP contribution in [0.2, 0.25) is 5.02 Å². The van der Waals surface area contributed by atoms with Gasteiger partial charge in [0, 0.05) is 18.3 Å². The number of tetrazole rings is 1. The highest BCUT2D eigenvalue weighted by molar-refractivity contribution is 6.31. The van der Waals surface area contributed by atoms with E-state index in [4.69, 9.17) is 17.3 Å². The van der Waals surface area contributed by atoms with Gasteiger partial charge in [-0.15, -0.1) is 5.10 Å². The molecule has 0 aliphatic heterocycles. The van der Waals surface area contributed by atoms with Crippen molar-refractivity contribution in [1.82, 2.24) is 40.3 Å². The molecule has 40 heavy (non-hydrogen) atoms. The van der Waals surface area contributed by atoms with E-state index in [1.807, 2.05) is 0 Å². The monoisotopic (exact) mass is 584 g/mol. The lowest BCUT2D eigenvalue weighted by Gasteiger charge is -2.18. The van der Waals surface area contributed by atoms with Crippen LogP contribution in [0.25, 0.3) is 5.82 Å². The van der Waals surface area contributed by atoms with Crippen LogP contribution in [0.4, 0.5) is 33.3 Å². The maximum Gasteiger partial charge on any atom is 0.461 e. The number of alkyl halides is 5. The second kappa shape index (κ2) is 10.5. The number of pyridine rings is 1. The number of carbonyl (C=O) groups is 2. The standard InChI is InChI=1S/C22H18ClF5N10O2/c1-10-6-11(23)7-13(18(39)30-2)16(10)32-19(40)15-8-12(34-38(15)17-14(29)4-3-5-31-17)9-37-20(33-35-36-37)21(24,25)22(26,27)28/h3-8H,9,29H2,1-2H3,(H,30,39)(H,32,40). The molecule has 0 saturated carbocycles. The van der Waals surface area contributed by atoms with Crippen molar-refractivity contribution in [2.45, 2.75) is 25.6 Å². The Bertz CT molecular complexity index is 1600. The summed E-state index contributed by atoms with van der Waals surface area (Å²) in [5.41, 5.74) is 6.17. The normalized spacial score (nSPS) is 11.9. The first-order chi connectivity index (χ1) is 18.7. The molecule has 0 bridgehead atoms. The van der Waals surface area contributed by atoms with Gasteiger partial charge in [0.2, 0.25) is 5.82 Å². The van der Waals surface area contributed by atoms with Gasteiger partial charge in [0.25, 0.3) is 11.8 Å². The van der Waals surface area contributed by atoms with E-state index in [1.54, 1.807) is 6.92 Å². The van der Waals surface area contributed by atoms with Crippen LogP contribution < -0.4 is 16.4 Å². The number of benzene rings is 1. The number of hydrogen-bond donors (Lipinski definition) is 3. The lowest BCUT2D eigenvalue weighted by Crippen LogP contribution is -2.36. The first kappa shape index (κ1) is 28.3. The number of nitrogens with one attached hydrogen (secondary N) is 2. The Labute approximate surface area is 226 Å². The van der Waals surface area contributed by atoms with E-state index in [2.05, 4.69) is 36.2 Å². The summed E-state index contributed by atoms with van der Waals surface area (Å²) in [7, 11) is 1.38. The molecule has 210 valence electrons. The SMILES string of the molecule is CNC(=O)c1cc(Cl)cc(C)c1NC(=O)c1cc(Cn2nnnc2C(F)(F)C(F)(F)F)nn1-c1ncccc1N. The average molecular weight is 585 g/mol. The fourth-order valence-corrected chi connectivity index (χ4v) is 3.91. The smallest absolute Gasteiger partial charge is 0.396 e. The second-order valence-corrected chi connectivity index (χ2v) is 8.70. The number of nitrogen functional groups attached to an aromatic ring is 1. The molecule has 0 aliphatic rings. The minimum Gasteiger partial charge on any atom is -0.396 e. The molecular formula is C22H18ClF5N10O2. The average Bonchev–Trinajstić information content (AvgIpc) is 3.52. The summed E-state index contributed by atoms with van der Waals surface area (Å²) in [5.74, 6) is -8.59. The molecule has 0 aliphatic carbocycles. The van der Waals surface area contributed by atoms with Gasteiger partial charge in [-0.1, -0.05) is 11.6 Å². The third-order valence-electron chi connectivity index (χ3n) is 5.50. The van der Waals surface area contributed by atoms with Crippen molar-refractivity contribution >= 4 is 34.8 Å². The van der Waals surface area contributed by atoms with Gasteiger partial charge in [-0.3, -0.25) is 9.59 Å². The van der Waals surface area contributed by atoms with Crippen molar-refractivity contribution in [2.24, 2.45) is 0 Å². The van der Waals surface area contributed by atoms with Gasteiger partial charge >= 0.3 is 12.1 Å². The number of aryl methyl sites for hydroxylation is 1. The van der Waals surface area contributed by atoms with E-state index in [0.29, 0.717) is 5.56 Å². The molecule has 4 N–H and O–H groups in total. The van der Waals surface area contributed by atoms with Crippen molar-refractivity contribution < 1.29 is 31.5 Å². The summed E-state index contributed by atoms with van der Waals surface area (Å²) in [6, 6.07) is 6.89. The van der Waals surface area contributed by atoms with Crippen LogP contribution in [0.1, 0.15) is 37.9 Å². The maximum atomic E-state index is 14.0. The van der Waals surface area contributed by atoms with Crippen LogP contribution in [0.15, 0.2) is 36.5 Å². The molecule has 4 rings (SSSR count). The Morgan fingerprint density at radius 1 is 1.12 bits per heavy atom. The number of nitrogens with two attached hydrogens (primary N) is 1. The molecular weight excluding hydrogens is 567 g/mol. The minimum atomic E-state index is -5.97. The molecule has 0 saturated heterocycles. The Kier molecular flexibility index (Phi) is 7.42. The van der Waals surface area contributed by atoms with E-state index < -0.39 is 36.3 Å². The fourth-order valence-electron chi connectivity index (χ4n) is 3.63. The van der Waals surface area contributed by atoms with E-state index in [1.165, 1.54) is 37.5 Å². The van der Waals surface area contributed by atoms with Crippen LogP contribution >= 0.6 is 11.6 Å². The third kappa shape index (κ3) is 5.27. The first-order valence-electron chi connectivity index (χ1n) is 11.1. The molecule has 2 amide bonds. The van der Waals surface area contributed by atoms with Crippen LogP contribution in [-0.4, -0.2) is 60.0 Å². The summed E-state index contributed by atoms with van der Waals surface area (Å²) < 4.78 is 68.0. The highest BCUT2D eigenvalue weighted by atomic mass is 35.5. The van der Waals surface area contributed by atoms with Crippen LogP contribution in [0.3, 0.4) is 0 Å². The van der Waals surface area contributed by atoms with Gasteiger partial charge in [-0.2, -0.15) is 27.1 Å². The first-order valence-corrected chi connectivity index (χ1v) is 11.5. The summed E-state index contributed by atoms with van der Waals surface area (Å²) in [5, 5.41) is 18.4. The zero-order valence-electron chi connectivity index (χ0n) is 20.5. The van der Waals surface area contributed by atoms with Gasteiger partial charge in [0.1, 0.15) is 5.69 Å². The van der Waals surface area contributed by atoms with Crippen molar-refractivity contribution in [3.63, 3.8) is 0 Å². The molecule has 3 heterocycles. The van der Waals surface area contributed by atoms with Gasteiger partial charge in [0.05, 0.1) is 29.2 Å². The Morgan fingerprint density at radius 2 is 1.85 bits per heavy atom. The number of amides is 2. The highest BCUT2D eigenvalue weighted by Gasteiger charge is 2.62. The summed E-state index contributed by atoms with van der Waals surface area (Å²) >= 11 is 6.07. The number of halogens is 6. The molecule has 0 radical (unpaired) electrons. The van der Waals surface area contributed by atoms with E-state index in [0.717, 1.165) is 10.7 Å². The number of rotatable bonds is 7.